The van der Waals surface area contributed by atoms with Crippen LogP contribution in [0.1, 0.15) is 23.2 Å². The van der Waals surface area contributed by atoms with E-state index in [2.05, 4.69) is 15.3 Å². The van der Waals surface area contributed by atoms with Crippen LogP contribution < -0.4 is 14.8 Å². The number of methoxy groups -OCH3 is 1. The highest BCUT2D eigenvalue weighted by atomic mass is 16.5. The molecule has 4 rings (SSSR count). The standard InChI is InChI=1S/C22H24N4O4/c1-29-19-4-2-3-5-20(19)30-13-21(27)25-16-8-10-26(11-9-16)22(28)15-6-7-17-18(12-15)24-14-23-17/h2-7,12,14,16H,8-11,13H2,1H3,(H,23,24)(H,25,27). The topological polar surface area (TPSA) is 96.6 Å². The predicted octanol–water partition coefficient (Wildman–Crippen LogP) is 2.37. The molecule has 8 heteroatoms. The van der Waals surface area contributed by atoms with Crippen LogP contribution in [0.3, 0.4) is 0 Å². The number of hydrogen-bond donors (Lipinski definition) is 2. The van der Waals surface area contributed by atoms with Crippen LogP contribution in [0.4, 0.5) is 0 Å². The molecule has 0 unspecified atom stereocenters. The van der Waals surface area contributed by atoms with Gasteiger partial charge in [-0.3, -0.25) is 9.59 Å². The van der Waals surface area contributed by atoms with Gasteiger partial charge in [-0.25, -0.2) is 4.98 Å². The molecule has 0 radical (unpaired) electrons. The highest BCUT2D eigenvalue weighted by molar-refractivity contribution is 5.97. The van der Waals surface area contributed by atoms with Crippen LogP contribution in [-0.2, 0) is 4.79 Å². The van der Waals surface area contributed by atoms with Crippen LogP contribution in [0.15, 0.2) is 48.8 Å². The number of rotatable bonds is 6. The number of nitrogens with one attached hydrogen (secondary N) is 2. The van der Waals surface area contributed by atoms with Crippen molar-refractivity contribution in [3.05, 3.63) is 54.4 Å². The summed E-state index contributed by atoms with van der Waals surface area (Å²) in [5.74, 6) is 0.932. The number of fused-ring (bicyclic) bond motifs is 1. The van der Waals surface area contributed by atoms with Crippen LogP contribution in [-0.4, -0.2) is 59.5 Å². The Bertz CT molecular complexity index is 1040. The van der Waals surface area contributed by atoms with Gasteiger partial charge in [-0.15, -0.1) is 0 Å². The third-order valence-electron chi connectivity index (χ3n) is 5.24. The molecular formula is C22H24N4O4. The summed E-state index contributed by atoms with van der Waals surface area (Å²) in [6.45, 7) is 1.11. The van der Waals surface area contributed by atoms with Gasteiger partial charge in [0.05, 0.1) is 24.5 Å². The summed E-state index contributed by atoms with van der Waals surface area (Å²) in [6.07, 6.45) is 3.03. The number of nitrogens with zero attached hydrogens (tertiary/aromatic N) is 2. The van der Waals surface area contributed by atoms with Crippen molar-refractivity contribution in [3.63, 3.8) is 0 Å². The van der Waals surface area contributed by atoms with E-state index in [1.807, 2.05) is 29.2 Å². The highest BCUT2D eigenvalue weighted by Crippen LogP contribution is 2.25. The molecule has 30 heavy (non-hydrogen) atoms. The molecule has 0 spiro atoms. The summed E-state index contributed by atoms with van der Waals surface area (Å²) in [7, 11) is 1.56. The molecular weight excluding hydrogens is 384 g/mol. The zero-order valence-electron chi connectivity index (χ0n) is 16.8. The number of piperidine rings is 1. The van der Waals surface area contributed by atoms with Crippen LogP contribution >= 0.6 is 0 Å². The Labute approximate surface area is 174 Å². The smallest absolute Gasteiger partial charge is 0.258 e. The van der Waals surface area contributed by atoms with E-state index in [0.29, 0.717) is 43.0 Å². The molecule has 1 aliphatic heterocycles. The normalized spacial score (nSPS) is 14.5. The Morgan fingerprint density at radius 3 is 2.70 bits per heavy atom. The SMILES string of the molecule is COc1ccccc1OCC(=O)NC1CCN(C(=O)c2ccc3nc[nH]c3c2)CC1. The molecule has 0 bridgehead atoms. The van der Waals surface area contributed by atoms with Crippen molar-refractivity contribution in [2.45, 2.75) is 18.9 Å². The van der Waals surface area contributed by atoms with E-state index >= 15 is 0 Å². The summed E-state index contributed by atoms with van der Waals surface area (Å²) < 4.78 is 10.8. The van der Waals surface area contributed by atoms with E-state index in [1.165, 1.54) is 0 Å². The predicted molar refractivity (Wildman–Crippen MR) is 112 cm³/mol. The van der Waals surface area contributed by atoms with E-state index in [-0.39, 0.29) is 24.5 Å². The number of H-pyrrole nitrogens is 1. The fourth-order valence-electron chi connectivity index (χ4n) is 3.63. The molecule has 1 aromatic heterocycles. The minimum absolute atomic E-state index is 0.00391. The van der Waals surface area contributed by atoms with Crippen LogP contribution in [0.25, 0.3) is 11.0 Å². The molecule has 0 aliphatic carbocycles. The Balaban J connectivity index is 1.26. The molecule has 3 aromatic rings. The Hall–Kier alpha value is -3.55. The largest absolute Gasteiger partial charge is 0.493 e. The van der Waals surface area contributed by atoms with Gasteiger partial charge in [0, 0.05) is 24.7 Å². The molecule has 0 saturated carbocycles. The molecule has 1 fully saturated rings. The maximum atomic E-state index is 12.8. The van der Waals surface area contributed by atoms with Crippen molar-refractivity contribution in [1.29, 1.82) is 0 Å². The van der Waals surface area contributed by atoms with Crippen molar-refractivity contribution in [3.8, 4) is 11.5 Å². The average molecular weight is 408 g/mol. The molecule has 2 aromatic carbocycles. The number of benzene rings is 2. The van der Waals surface area contributed by atoms with E-state index in [0.717, 1.165) is 11.0 Å². The first-order valence-corrected chi connectivity index (χ1v) is 9.91. The third kappa shape index (κ3) is 4.37. The molecule has 1 saturated heterocycles. The molecule has 2 heterocycles. The van der Waals surface area contributed by atoms with Crippen molar-refractivity contribution in [2.24, 2.45) is 0 Å². The number of aromatic nitrogens is 2. The van der Waals surface area contributed by atoms with Gasteiger partial charge in [0.1, 0.15) is 0 Å². The molecule has 1 aliphatic rings. The molecule has 0 atom stereocenters. The fraction of sp³-hybridized carbons (Fsp3) is 0.318. The lowest BCUT2D eigenvalue weighted by atomic mass is 10.0. The van der Waals surface area contributed by atoms with Crippen molar-refractivity contribution in [1.82, 2.24) is 20.2 Å². The first-order valence-electron chi connectivity index (χ1n) is 9.91. The Kier molecular flexibility index (Phi) is 5.83. The van der Waals surface area contributed by atoms with Crippen LogP contribution in [0.2, 0.25) is 0 Å². The summed E-state index contributed by atoms with van der Waals surface area (Å²) >= 11 is 0. The molecule has 2 N–H and O–H groups in total. The third-order valence-corrected chi connectivity index (χ3v) is 5.24. The summed E-state index contributed by atoms with van der Waals surface area (Å²) in [6, 6.07) is 12.7. The van der Waals surface area contributed by atoms with Gasteiger partial charge in [0.2, 0.25) is 0 Å². The Morgan fingerprint density at radius 2 is 1.93 bits per heavy atom. The number of carbonyl (C=O) groups is 2. The number of ether oxygens (including phenoxy) is 2. The second-order valence-corrected chi connectivity index (χ2v) is 7.21. The first kappa shape index (κ1) is 19.8. The summed E-state index contributed by atoms with van der Waals surface area (Å²) in [4.78, 5) is 34.1. The molecule has 2 amide bonds. The number of amides is 2. The van der Waals surface area contributed by atoms with Crippen LogP contribution in [0, 0.1) is 0 Å². The van der Waals surface area contributed by atoms with E-state index in [4.69, 9.17) is 9.47 Å². The van der Waals surface area contributed by atoms with Gasteiger partial charge >= 0.3 is 0 Å². The van der Waals surface area contributed by atoms with Crippen molar-refractivity contribution < 1.29 is 19.1 Å². The number of para-hydroxylation sites is 2. The van der Waals surface area contributed by atoms with Gasteiger partial charge in [-0.1, -0.05) is 12.1 Å². The zero-order valence-corrected chi connectivity index (χ0v) is 16.8. The molecule has 156 valence electrons. The maximum absolute atomic E-state index is 12.8. The summed E-state index contributed by atoms with van der Waals surface area (Å²) in [5.41, 5.74) is 2.32. The van der Waals surface area contributed by atoms with Crippen molar-refractivity contribution in [2.75, 3.05) is 26.8 Å². The van der Waals surface area contributed by atoms with E-state index in [1.54, 1.807) is 31.6 Å². The maximum Gasteiger partial charge on any atom is 0.258 e. The number of imidazole rings is 1. The lowest BCUT2D eigenvalue weighted by molar-refractivity contribution is -0.124. The second kappa shape index (κ2) is 8.86. The van der Waals surface area contributed by atoms with Gasteiger partial charge in [0.15, 0.2) is 18.1 Å². The quantitative estimate of drug-likeness (QED) is 0.653. The lowest BCUT2D eigenvalue weighted by Crippen LogP contribution is -2.47. The Morgan fingerprint density at radius 1 is 1.17 bits per heavy atom. The van der Waals surface area contributed by atoms with Crippen molar-refractivity contribution >= 4 is 22.8 Å². The minimum Gasteiger partial charge on any atom is -0.493 e. The highest BCUT2D eigenvalue weighted by Gasteiger charge is 2.25. The summed E-state index contributed by atoms with van der Waals surface area (Å²) in [5, 5.41) is 2.99. The number of likely N-dealkylation sites (tertiary alicyclic amines) is 1. The fourth-order valence-corrected chi connectivity index (χ4v) is 3.63. The zero-order chi connectivity index (χ0) is 20.9. The average Bonchev–Trinajstić information content (AvgIpc) is 3.26. The second-order valence-electron chi connectivity index (χ2n) is 7.21. The van der Waals surface area contributed by atoms with Gasteiger partial charge in [-0.05, 0) is 43.2 Å². The van der Waals surface area contributed by atoms with Gasteiger partial charge < -0.3 is 24.7 Å². The molecule has 8 nitrogen and oxygen atoms in total. The van der Waals surface area contributed by atoms with E-state index in [9.17, 15) is 9.59 Å². The first-order chi connectivity index (χ1) is 14.6. The van der Waals surface area contributed by atoms with Gasteiger partial charge in [-0.2, -0.15) is 0 Å². The monoisotopic (exact) mass is 408 g/mol. The minimum atomic E-state index is -0.185. The number of carbonyl (C=O) groups excluding carboxylic acids is 2. The number of aromatic amines is 1. The van der Waals surface area contributed by atoms with Gasteiger partial charge in [0.25, 0.3) is 11.8 Å². The van der Waals surface area contributed by atoms with E-state index < -0.39 is 0 Å². The lowest BCUT2D eigenvalue weighted by Gasteiger charge is -2.32. The van der Waals surface area contributed by atoms with Crippen LogP contribution in [0.5, 0.6) is 11.5 Å². The number of hydrogen-bond acceptors (Lipinski definition) is 5.